The Balaban J connectivity index is 2.61. The number of unbranched alkanes of at least 4 members (excludes halogenated alkanes) is 1. The first-order valence-corrected chi connectivity index (χ1v) is 8.20. The molecule has 0 spiro atoms. The molecule has 19 heavy (non-hydrogen) atoms. The summed E-state index contributed by atoms with van der Waals surface area (Å²) in [6, 6.07) is 0.686. The normalized spacial score (nSPS) is 25.1. The van der Waals surface area contributed by atoms with Gasteiger partial charge in [0.15, 0.2) is 0 Å². The van der Waals surface area contributed by atoms with Gasteiger partial charge in [-0.3, -0.25) is 4.90 Å². The Bertz CT molecular complexity index is 227. The average Bonchev–Trinajstić information content (AvgIpc) is 2.89. The van der Waals surface area contributed by atoms with E-state index in [1.807, 2.05) is 0 Å². The Morgan fingerprint density at radius 2 is 2.11 bits per heavy atom. The number of hydrogen-bond donors (Lipinski definition) is 1. The van der Waals surface area contributed by atoms with E-state index in [-0.39, 0.29) is 0 Å². The van der Waals surface area contributed by atoms with Crippen LogP contribution >= 0.6 is 0 Å². The summed E-state index contributed by atoms with van der Waals surface area (Å²) in [6.45, 7) is 15.6. The third kappa shape index (κ3) is 5.41. The van der Waals surface area contributed by atoms with Crippen molar-refractivity contribution in [1.29, 1.82) is 0 Å². The van der Waals surface area contributed by atoms with Crippen molar-refractivity contribution in [2.45, 2.75) is 59.4 Å². The number of hydrogen-bond acceptors (Lipinski definition) is 3. The van der Waals surface area contributed by atoms with Gasteiger partial charge in [-0.2, -0.15) is 0 Å². The topological polar surface area (TPSA) is 24.5 Å². The molecule has 1 fully saturated rings. The zero-order valence-electron chi connectivity index (χ0n) is 13.5. The van der Waals surface area contributed by atoms with Crippen LogP contribution < -0.4 is 5.32 Å². The van der Waals surface area contributed by atoms with Gasteiger partial charge in [-0.05, 0) is 39.3 Å². The number of nitrogens with zero attached hydrogens (tertiary/aromatic N) is 1. The number of ether oxygens (including phenoxy) is 1. The maximum atomic E-state index is 5.71. The summed E-state index contributed by atoms with van der Waals surface area (Å²) < 4.78 is 5.71. The van der Waals surface area contributed by atoms with Crippen molar-refractivity contribution in [3.05, 3.63) is 0 Å². The van der Waals surface area contributed by atoms with Crippen LogP contribution in [0.4, 0.5) is 0 Å². The van der Waals surface area contributed by atoms with Crippen molar-refractivity contribution in [2.24, 2.45) is 5.41 Å². The molecule has 3 nitrogen and oxygen atoms in total. The molecule has 0 aliphatic carbocycles. The third-order valence-electron chi connectivity index (χ3n) is 4.49. The molecule has 2 atom stereocenters. The smallest absolute Gasteiger partial charge is 0.0547 e. The van der Waals surface area contributed by atoms with Gasteiger partial charge >= 0.3 is 0 Å². The molecular weight excluding hydrogens is 236 g/mol. The lowest BCUT2D eigenvalue weighted by atomic mass is 9.85. The maximum absolute atomic E-state index is 5.71. The molecule has 2 unspecified atom stereocenters. The van der Waals surface area contributed by atoms with Crippen LogP contribution in [0.15, 0.2) is 0 Å². The lowest BCUT2D eigenvalue weighted by molar-refractivity contribution is 0.0868. The quantitative estimate of drug-likeness (QED) is 0.660. The minimum atomic E-state index is 0.340. The molecule has 0 bridgehead atoms. The summed E-state index contributed by atoms with van der Waals surface area (Å²) in [5.41, 5.74) is 0.340. The second-order valence-electron chi connectivity index (χ2n) is 6.16. The molecule has 114 valence electrons. The van der Waals surface area contributed by atoms with Gasteiger partial charge in [0.2, 0.25) is 0 Å². The molecule has 0 saturated carbocycles. The Morgan fingerprint density at radius 1 is 1.32 bits per heavy atom. The van der Waals surface area contributed by atoms with Crippen LogP contribution in [0.25, 0.3) is 0 Å². The fourth-order valence-corrected chi connectivity index (χ4v) is 2.87. The second-order valence-corrected chi connectivity index (χ2v) is 6.16. The second kappa shape index (κ2) is 8.93. The van der Waals surface area contributed by atoms with Crippen LogP contribution in [0.5, 0.6) is 0 Å². The number of rotatable bonds is 10. The van der Waals surface area contributed by atoms with Gasteiger partial charge in [0, 0.05) is 31.2 Å². The minimum Gasteiger partial charge on any atom is -0.381 e. The molecule has 3 heteroatoms. The Labute approximate surface area is 120 Å². The Kier molecular flexibility index (Phi) is 7.96. The van der Waals surface area contributed by atoms with Crippen LogP contribution in [-0.4, -0.2) is 50.3 Å². The van der Waals surface area contributed by atoms with E-state index in [1.165, 1.54) is 38.8 Å². The monoisotopic (exact) mass is 270 g/mol. The van der Waals surface area contributed by atoms with Crippen molar-refractivity contribution >= 4 is 0 Å². The molecular formula is C16H34N2O. The van der Waals surface area contributed by atoms with Gasteiger partial charge in [-0.15, -0.1) is 0 Å². The van der Waals surface area contributed by atoms with Gasteiger partial charge in [0.1, 0.15) is 0 Å². The predicted octanol–water partition coefficient (Wildman–Crippen LogP) is 2.90. The first-order valence-electron chi connectivity index (χ1n) is 8.20. The zero-order chi connectivity index (χ0) is 14.1. The fourth-order valence-electron chi connectivity index (χ4n) is 2.87. The van der Waals surface area contributed by atoms with Crippen LogP contribution in [0.2, 0.25) is 0 Å². The van der Waals surface area contributed by atoms with Gasteiger partial charge in [-0.1, -0.05) is 27.2 Å². The van der Waals surface area contributed by atoms with E-state index < -0.39 is 0 Å². The molecule has 0 aromatic heterocycles. The summed E-state index contributed by atoms with van der Waals surface area (Å²) in [5, 5.41) is 3.54. The Hall–Kier alpha value is -0.120. The summed E-state index contributed by atoms with van der Waals surface area (Å²) in [7, 11) is 0. The van der Waals surface area contributed by atoms with Crippen LogP contribution in [0.3, 0.4) is 0 Å². The van der Waals surface area contributed by atoms with Crippen molar-refractivity contribution in [2.75, 3.05) is 39.4 Å². The van der Waals surface area contributed by atoms with Crippen molar-refractivity contribution in [1.82, 2.24) is 10.2 Å². The lowest BCUT2D eigenvalue weighted by Gasteiger charge is -2.37. The summed E-state index contributed by atoms with van der Waals surface area (Å²) in [4.78, 5) is 2.69. The first kappa shape index (κ1) is 16.9. The summed E-state index contributed by atoms with van der Waals surface area (Å²) >= 11 is 0. The molecule has 1 aliphatic rings. The maximum Gasteiger partial charge on any atom is 0.0547 e. The van der Waals surface area contributed by atoms with E-state index in [1.54, 1.807) is 0 Å². The van der Waals surface area contributed by atoms with E-state index >= 15 is 0 Å². The van der Waals surface area contributed by atoms with E-state index in [4.69, 9.17) is 4.74 Å². The van der Waals surface area contributed by atoms with E-state index in [0.717, 1.165) is 26.3 Å². The summed E-state index contributed by atoms with van der Waals surface area (Å²) in [6.07, 6.45) is 5.03. The highest BCUT2D eigenvalue weighted by Gasteiger charge is 2.36. The van der Waals surface area contributed by atoms with E-state index in [2.05, 4.69) is 37.9 Å². The van der Waals surface area contributed by atoms with Crippen molar-refractivity contribution < 1.29 is 4.74 Å². The van der Waals surface area contributed by atoms with Gasteiger partial charge in [-0.25, -0.2) is 0 Å². The molecule has 1 heterocycles. The number of nitrogens with one attached hydrogen (secondary N) is 1. The first-order chi connectivity index (χ1) is 9.17. The van der Waals surface area contributed by atoms with Crippen molar-refractivity contribution in [3.8, 4) is 0 Å². The predicted molar refractivity (Wildman–Crippen MR) is 82.6 cm³/mol. The van der Waals surface area contributed by atoms with Crippen LogP contribution in [0.1, 0.15) is 53.4 Å². The van der Waals surface area contributed by atoms with Crippen LogP contribution in [-0.2, 0) is 4.74 Å². The molecule has 0 amide bonds. The SMILES string of the molecule is CCCCN(CC1(CNCC)CCOC1)C(C)CC. The fraction of sp³-hybridized carbons (Fsp3) is 1.00. The summed E-state index contributed by atoms with van der Waals surface area (Å²) in [5.74, 6) is 0. The highest BCUT2D eigenvalue weighted by molar-refractivity contribution is 4.89. The highest BCUT2D eigenvalue weighted by Crippen LogP contribution is 2.30. The molecule has 0 radical (unpaired) electrons. The highest BCUT2D eigenvalue weighted by atomic mass is 16.5. The largest absolute Gasteiger partial charge is 0.381 e. The standard InChI is InChI=1S/C16H34N2O/c1-5-8-10-18(15(4)6-2)13-16(12-17-7-3)9-11-19-14-16/h15,17H,5-14H2,1-4H3. The Morgan fingerprint density at radius 3 is 2.63 bits per heavy atom. The molecule has 1 saturated heterocycles. The van der Waals surface area contributed by atoms with Gasteiger partial charge in [0.25, 0.3) is 0 Å². The molecule has 0 aromatic rings. The molecule has 1 rings (SSSR count). The lowest BCUT2D eigenvalue weighted by Crippen LogP contribution is -2.47. The molecule has 1 N–H and O–H groups in total. The van der Waals surface area contributed by atoms with Gasteiger partial charge < -0.3 is 10.1 Å². The van der Waals surface area contributed by atoms with Crippen molar-refractivity contribution in [3.63, 3.8) is 0 Å². The van der Waals surface area contributed by atoms with Crippen LogP contribution in [0, 0.1) is 5.41 Å². The molecule has 1 aliphatic heterocycles. The van der Waals surface area contributed by atoms with Gasteiger partial charge in [0.05, 0.1) is 6.61 Å². The van der Waals surface area contributed by atoms with E-state index in [0.29, 0.717) is 11.5 Å². The van der Waals surface area contributed by atoms with E-state index in [9.17, 15) is 0 Å². The third-order valence-corrected chi connectivity index (χ3v) is 4.49. The average molecular weight is 270 g/mol. The minimum absolute atomic E-state index is 0.340. The zero-order valence-corrected chi connectivity index (χ0v) is 13.5. The molecule has 0 aromatic carbocycles.